The Kier molecular flexibility index (Phi) is 4.84. The van der Waals surface area contributed by atoms with Crippen LogP contribution in [-0.4, -0.2) is 22.2 Å². The Balaban J connectivity index is 1.64. The molecule has 0 radical (unpaired) electrons. The van der Waals surface area contributed by atoms with Crippen molar-refractivity contribution < 1.29 is 9.26 Å². The maximum absolute atomic E-state index is 5.85. The third-order valence-electron chi connectivity index (χ3n) is 4.29. The number of rotatable bonds is 6. The van der Waals surface area contributed by atoms with E-state index in [9.17, 15) is 0 Å². The molecule has 4 aromatic rings. The zero-order valence-corrected chi connectivity index (χ0v) is 15.5. The van der Waals surface area contributed by atoms with Gasteiger partial charge >= 0.3 is 0 Å². The summed E-state index contributed by atoms with van der Waals surface area (Å²) in [4.78, 5) is 9.02. The van der Waals surface area contributed by atoms with E-state index in [2.05, 4.69) is 15.1 Å². The highest BCUT2D eigenvalue weighted by molar-refractivity contribution is 7.13. The SMILES string of the molecule is COc1ccc(C(Cc2noc(-c3ccccc3)n2)c2csc(N)n2)cc1. The molecule has 0 spiro atoms. The van der Waals surface area contributed by atoms with Gasteiger partial charge in [-0.3, -0.25) is 0 Å². The van der Waals surface area contributed by atoms with Crippen molar-refractivity contribution in [2.24, 2.45) is 0 Å². The van der Waals surface area contributed by atoms with Gasteiger partial charge in [0.2, 0.25) is 0 Å². The summed E-state index contributed by atoms with van der Waals surface area (Å²) in [5, 5.41) is 6.68. The molecule has 2 N–H and O–H groups in total. The fourth-order valence-electron chi connectivity index (χ4n) is 2.91. The number of nitrogens with zero attached hydrogens (tertiary/aromatic N) is 3. The first-order chi connectivity index (χ1) is 13.2. The van der Waals surface area contributed by atoms with E-state index in [1.54, 1.807) is 7.11 Å². The third-order valence-corrected chi connectivity index (χ3v) is 4.98. The molecule has 6 nitrogen and oxygen atoms in total. The van der Waals surface area contributed by atoms with Gasteiger partial charge in [-0.1, -0.05) is 35.5 Å². The van der Waals surface area contributed by atoms with Crippen molar-refractivity contribution in [1.29, 1.82) is 0 Å². The van der Waals surface area contributed by atoms with Gasteiger partial charge < -0.3 is 15.0 Å². The second-order valence-electron chi connectivity index (χ2n) is 6.02. The maximum Gasteiger partial charge on any atom is 0.257 e. The van der Waals surface area contributed by atoms with Crippen LogP contribution in [0.5, 0.6) is 5.75 Å². The molecule has 1 unspecified atom stereocenters. The molecule has 2 aromatic heterocycles. The Morgan fingerprint density at radius 2 is 1.85 bits per heavy atom. The fourth-order valence-corrected chi connectivity index (χ4v) is 3.52. The number of methoxy groups -OCH3 is 1. The van der Waals surface area contributed by atoms with Crippen molar-refractivity contribution in [3.63, 3.8) is 0 Å². The van der Waals surface area contributed by atoms with Crippen molar-refractivity contribution >= 4 is 16.5 Å². The molecule has 0 saturated heterocycles. The molecule has 0 amide bonds. The van der Waals surface area contributed by atoms with Crippen molar-refractivity contribution in [1.82, 2.24) is 15.1 Å². The summed E-state index contributed by atoms with van der Waals surface area (Å²) in [6.45, 7) is 0. The average Bonchev–Trinajstić information content (AvgIpc) is 3.36. The van der Waals surface area contributed by atoms with Crippen LogP contribution in [0.25, 0.3) is 11.5 Å². The highest BCUT2D eigenvalue weighted by Crippen LogP contribution is 2.31. The second kappa shape index (κ2) is 7.59. The first-order valence-electron chi connectivity index (χ1n) is 8.46. The van der Waals surface area contributed by atoms with Crippen LogP contribution >= 0.6 is 11.3 Å². The van der Waals surface area contributed by atoms with Crippen LogP contribution in [0.1, 0.15) is 23.0 Å². The molecule has 0 aliphatic rings. The molecule has 7 heteroatoms. The number of thiazole rings is 1. The molecule has 0 aliphatic heterocycles. The minimum absolute atomic E-state index is 0.0225. The lowest BCUT2D eigenvalue weighted by molar-refractivity contribution is 0.414. The molecule has 2 heterocycles. The number of hydrogen-bond donors (Lipinski definition) is 1. The Labute approximate surface area is 160 Å². The quantitative estimate of drug-likeness (QED) is 0.542. The molecule has 136 valence electrons. The summed E-state index contributed by atoms with van der Waals surface area (Å²) in [6, 6.07) is 17.6. The first-order valence-corrected chi connectivity index (χ1v) is 9.34. The molecule has 0 fully saturated rings. The number of ether oxygens (including phenoxy) is 1. The Bertz CT molecular complexity index is 1010. The van der Waals surface area contributed by atoms with Crippen molar-refractivity contribution in [2.45, 2.75) is 12.3 Å². The van der Waals surface area contributed by atoms with Gasteiger partial charge in [0.25, 0.3) is 5.89 Å². The Morgan fingerprint density at radius 1 is 1.07 bits per heavy atom. The van der Waals surface area contributed by atoms with Crippen LogP contribution in [0.3, 0.4) is 0 Å². The lowest BCUT2D eigenvalue weighted by Gasteiger charge is -2.14. The molecule has 1 atom stereocenters. The van der Waals surface area contributed by atoms with Crippen molar-refractivity contribution in [2.75, 3.05) is 12.8 Å². The fraction of sp³-hybridized carbons (Fsp3) is 0.150. The van der Waals surface area contributed by atoms with Gasteiger partial charge in [-0.25, -0.2) is 4.98 Å². The topological polar surface area (TPSA) is 87.1 Å². The molecular weight excluding hydrogens is 360 g/mol. The molecule has 27 heavy (non-hydrogen) atoms. The summed E-state index contributed by atoms with van der Waals surface area (Å²) in [5.74, 6) is 1.92. The van der Waals surface area contributed by atoms with Crippen LogP contribution < -0.4 is 10.5 Å². The van der Waals surface area contributed by atoms with E-state index in [1.165, 1.54) is 11.3 Å². The summed E-state index contributed by atoms with van der Waals surface area (Å²) < 4.78 is 10.7. The largest absolute Gasteiger partial charge is 0.497 e. The maximum atomic E-state index is 5.85. The summed E-state index contributed by atoms with van der Waals surface area (Å²) in [7, 11) is 1.65. The number of anilines is 1. The lowest BCUT2D eigenvalue weighted by atomic mass is 9.93. The molecular formula is C20H18N4O2S. The van der Waals surface area contributed by atoms with E-state index in [0.717, 1.165) is 22.6 Å². The minimum Gasteiger partial charge on any atom is -0.497 e. The number of nitrogen functional groups attached to an aromatic ring is 1. The van der Waals surface area contributed by atoms with Gasteiger partial charge in [-0.05, 0) is 29.8 Å². The van der Waals surface area contributed by atoms with Gasteiger partial charge in [0.05, 0.1) is 12.8 Å². The predicted molar refractivity (Wildman–Crippen MR) is 105 cm³/mol. The number of aromatic nitrogens is 3. The van der Waals surface area contributed by atoms with Gasteiger partial charge in [0.15, 0.2) is 11.0 Å². The summed E-state index contributed by atoms with van der Waals surface area (Å²) in [6.07, 6.45) is 0.561. The average molecular weight is 378 g/mol. The number of hydrogen-bond acceptors (Lipinski definition) is 7. The zero-order chi connectivity index (χ0) is 18.6. The second-order valence-corrected chi connectivity index (χ2v) is 6.91. The highest BCUT2D eigenvalue weighted by atomic mass is 32.1. The smallest absolute Gasteiger partial charge is 0.257 e. The minimum atomic E-state index is -0.0225. The Hall–Kier alpha value is -3.19. The van der Waals surface area contributed by atoms with E-state index >= 15 is 0 Å². The predicted octanol–water partition coefficient (Wildman–Crippen LogP) is 4.16. The van der Waals surface area contributed by atoms with E-state index in [-0.39, 0.29) is 5.92 Å². The van der Waals surface area contributed by atoms with Crippen molar-refractivity contribution in [3.8, 4) is 17.2 Å². The summed E-state index contributed by atoms with van der Waals surface area (Å²) >= 11 is 1.43. The normalized spacial score (nSPS) is 12.0. The Morgan fingerprint density at radius 3 is 2.52 bits per heavy atom. The monoisotopic (exact) mass is 378 g/mol. The molecule has 2 aromatic carbocycles. The number of nitrogens with two attached hydrogens (primary N) is 1. The molecule has 0 aliphatic carbocycles. The number of benzene rings is 2. The summed E-state index contributed by atoms with van der Waals surface area (Å²) in [5.41, 5.74) is 8.74. The lowest BCUT2D eigenvalue weighted by Crippen LogP contribution is -2.07. The molecule has 4 rings (SSSR count). The standard InChI is InChI=1S/C20H18N4O2S/c1-25-15-9-7-13(8-10-15)16(17-12-27-20(21)22-17)11-18-23-19(26-24-18)14-5-3-2-4-6-14/h2-10,12,16H,11H2,1H3,(H2,21,22). The third kappa shape index (κ3) is 3.83. The van der Waals surface area contributed by atoms with Crippen LogP contribution in [0, 0.1) is 0 Å². The van der Waals surface area contributed by atoms with E-state index < -0.39 is 0 Å². The van der Waals surface area contributed by atoms with E-state index in [4.69, 9.17) is 15.0 Å². The van der Waals surface area contributed by atoms with Crippen LogP contribution in [0.2, 0.25) is 0 Å². The first kappa shape index (κ1) is 17.2. The van der Waals surface area contributed by atoms with Gasteiger partial charge in [-0.2, -0.15) is 4.98 Å². The van der Waals surface area contributed by atoms with Gasteiger partial charge in [0, 0.05) is 23.3 Å². The van der Waals surface area contributed by atoms with Gasteiger partial charge in [0.1, 0.15) is 5.75 Å². The van der Waals surface area contributed by atoms with Crippen LogP contribution in [0.15, 0.2) is 64.5 Å². The molecule has 0 saturated carbocycles. The van der Waals surface area contributed by atoms with Crippen LogP contribution in [0.4, 0.5) is 5.13 Å². The van der Waals surface area contributed by atoms with E-state index in [1.807, 2.05) is 60.0 Å². The van der Waals surface area contributed by atoms with Crippen LogP contribution in [-0.2, 0) is 6.42 Å². The van der Waals surface area contributed by atoms with E-state index in [0.29, 0.717) is 23.3 Å². The van der Waals surface area contributed by atoms with Gasteiger partial charge in [-0.15, -0.1) is 11.3 Å². The molecule has 0 bridgehead atoms. The zero-order valence-electron chi connectivity index (χ0n) is 14.7. The van der Waals surface area contributed by atoms with Crippen molar-refractivity contribution in [3.05, 3.63) is 77.1 Å². The highest BCUT2D eigenvalue weighted by Gasteiger charge is 2.21.